The number of hydrogen-bond donors (Lipinski definition) is 1. The fourth-order valence-electron chi connectivity index (χ4n) is 2.52. The summed E-state index contributed by atoms with van der Waals surface area (Å²) in [6, 6.07) is 5.94. The first-order chi connectivity index (χ1) is 9.49. The van der Waals surface area contributed by atoms with Crippen molar-refractivity contribution in [3.8, 4) is 0 Å². The molecule has 4 heteroatoms. The van der Waals surface area contributed by atoms with Crippen LogP contribution in [0.25, 0.3) is 0 Å². The van der Waals surface area contributed by atoms with Crippen molar-refractivity contribution in [2.45, 2.75) is 51.2 Å². The molecule has 1 N–H and O–H groups in total. The lowest BCUT2D eigenvalue weighted by Gasteiger charge is -2.18. The second kappa shape index (κ2) is 6.61. The van der Waals surface area contributed by atoms with Crippen molar-refractivity contribution in [1.29, 1.82) is 0 Å². The topological polar surface area (TPSA) is 12.0 Å². The van der Waals surface area contributed by atoms with Crippen molar-refractivity contribution in [2.24, 2.45) is 5.92 Å². The van der Waals surface area contributed by atoms with Gasteiger partial charge in [-0.25, -0.2) is 0 Å². The minimum Gasteiger partial charge on any atom is -0.314 e. The van der Waals surface area contributed by atoms with Gasteiger partial charge in [-0.2, -0.15) is 13.2 Å². The third kappa shape index (κ3) is 4.82. The number of nitrogens with one attached hydrogen (secondary N) is 1. The smallest absolute Gasteiger partial charge is 0.314 e. The van der Waals surface area contributed by atoms with Gasteiger partial charge in [0.1, 0.15) is 0 Å². The van der Waals surface area contributed by atoms with Crippen LogP contribution in [0, 0.1) is 5.92 Å². The lowest BCUT2D eigenvalue weighted by molar-refractivity contribution is -0.137. The number of rotatable bonds is 7. The Balaban J connectivity index is 1.91. The predicted molar refractivity (Wildman–Crippen MR) is 74.6 cm³/mol. The molecule has 1 aliphatic rings. The van der Waals surface area contributed by atoms with E-state index < -0.39 is 11.7 Å². The monoisotopic (exact) mass is 285 g/mol. The highest BCUT2D eigenvalue weighted by atomic mass is 19.4. The van der Waals surface area contributed by atoms with E-state index in [0.29, 0.717) is 6.04 Å². The predicted octanol–water partition coefficient (Wildman–Crippen LogP) is 4.42. The Labute approximate surface area is 118 Å². The third-order valence-electron chi connectivity index (χ3n) is 3.88. The zero-order chi connectivity index (χ0) is 14.6. The van der Waals surface area contributed by atoms with Crippen molar-refractivity contribution < 1.29 is 13.2 Å². The Hall–Kier alpha value is -1.03. The van der Waals surface area contributed by atoms with E-state index in [1.807, 2.05) is 0 Å². The molecule has 0 heterocycles. The minimum absolute atomic E-state index is 0.373. The average molecular weight is 285 g/mol. The van der Waals surface area contributed by atoms with E-state index in [9.17, 15) is 13.2 Å². The number of alkyl halides is 3. The average Bonchev–Trinajstić information content (AvgIpc) is 3.20. The zero-order valence-corrected chi connectivity index (χ0v) is 11.8. The van der Waals surface area contributed by atoms with E-state index in [0.717, 1.165) is 30.9 Å². The van der Waals surface area contributed by atoms with Crippen LogP contribution >= 0.6 is 0 Å². The number of benzene rings is 1. The summed E-state index contributed by atoms with van der Waals surface area (Å²) in [5, 5.41) is 3.44. The summed E-state index contributed by atoms with van der Waals surface area (Å²) >= 11 is 0. The Morgan fingerprint density at radius 3 is 2.35 bits per heavy atom. The Morgan fingerprint density at radius 1 is 1.20 bits per heavy atom. The van der Waals surface area contributed by atoms with Gasteiger partial charge in [-0.15, -0.1) is 0 Å². The van der Waals surface area contributed by atoms with Crippen molar-refractivity contribution in [3.05, 3.63) is 35.4 Å². The summed E-state index contributed by atoms with van der Waals surface area (Å²) < 4.78 is 37.5. The van der Waals surface area contributed by atoms with Gasteiger partial charge in [-0.1, -0.05) is 31.9 Å². The highest BCUT2D eigenvalue weighted by Gasteiger charge is 2.30. The Kier molecular flexibility index (Phi) is 5.08. The fraction of sp³-hybridized carbons (Fsp3) is 0.625. The van der Waals surface area contributed by atoms with Gasteiger partial charge >= 0.3 is 6.18 Å². The molecule has 0 amide bonds. The molecule has 1 atom stereocenters. The van der Waals surface area contributed by atoms with Crippen LogP contribution in [0.2, 0.25) is 0 Å². The molecule has 0 bridgehead atoms. The van der Waals surface area contributed by atoms with E-state index in [4.69, 9.17) is 0 Å². The first-order valence-electron chi connectivity index (χ1n) is 7.38. The van der Waals surface area contributed by atoms with Gasteiger partial charge in [0.15, 0.2) is 0 Å². The summed E-state index contributed by atoms with van der Waals surface area (Å²) in [6.45, 7) is 2.97. The van der Waals surface area contributed by atoms with Crippen LogP contribution in [0.5, 0.6) is 0 Å². The van der Waals surface area contributed by atoms with Gasteiger partial charge in [0.05, 0.1) is 5.56 Å². The summed E-state index contributed by atoms with van der Waals surface area (Å²) in [5.74, 6) is 0.892. The van der Waals surface area contributed by atoms with Gasteiger partial charge in [0.2, 0.25) is 0 Å². The Bertz CT molecular complexity index is 407. The van der Waals surface area contributed by atoms with Crippen LogP contribution < -0.4 is 5.32 Å². The molecule has 1 aliphatic carbocycles. The van der Waals surface area contributed by atoms with Crippen molar-refractivity contribution >= 4 is 0 Å². The molecule has 1 aromatic carbocycles. The van der Waals surface area contributed by atoms with Crippen LogP contribution in [0.1, 0.15) is 43.7 Å². The standard InChI is InChI=1S/C16H22F3N/c1-2-20-15(10-7-12-3-4-12)11-13-5-8-14(9-6-13)16(17,18)19/h5-6,8-9,12,15,20H,2-4,7,10-11H2,1H3. The van der Waals surface area contributed by atoms with Crippen LogP contribution in [0.3, 0.4) is 0 Å². The van der Waals surface area contributed by atoms with E-state index in [2.05, 4.69) is 12.2 Å². The Morgan fingerprint density at radius 2 is 1.85 bits per heavy atom. The first-order valence-corrected chi connectivity index (χ1v) is 7.38. The quantitative estimate of drug-likeness (QED) is 0.782. The largest absolute Gasteiger partial charge is 0.416 e. The molecule has 20 heavy (non-hydrogen) atoms. The molecule has 0 aromatic heterocycles. The molecule has 1 nitrogen and oxygen atoms in total. The summed E-state index contributed by atoms with van der Waals surface area (Å²) in [4.78, 5) is 0. The highest BCUT2D eigenvalue weighted by Crippen LogP contribution is 2.34. The molecule has 1 fully saturated rings. The van der Waals surface area contributed by atoms with Gasteiger partial charge in [-0.3, -0.25) is 0 Å². The van der Waals surface area contributed by atoms with Crippen LogP contribution in [-0.2, 0) is 12.6 Å². The zero-order valence-electron chi connectivity index (χ0n) is 11.8. The number of halogens is 3. The van der Waals surface area contributed by atoms with Gasteiger partial charge in [-0.05, 0) is 49.4 Å². The summed E-state index contributed by atoms with van der Waals surface area (Å²) in [5.41, 5.74) is 0.402. The molecule has 1 saturated carbocycles. The number of hydrogen-bond acceptors (Lipinski definition) is 1. The summed E-state index contributed by atoms with van der Waals surface area (Å²) in [6.07, 6.45) is 1.60. The van der Waals surface area contributed by atoms with Crippen molar-refractivity contribution in [1.82, 2.24) is 5.32 Å². The second-order valence-corrected chi connectivity index (χ2v) is 5.67. The SMILES string of the molecule is CCNC(CCC1CC1)Cc1ccc(C(F)(F)F)cc1. The molecule has 112 valence electrons. The van der Waals surface area contributed by atoms with Gasteiger partial charge in [0, 0.05) is 6.04 Å². The van der Waals surface area contributed by atoms with Gasteiger partial charge < -0.3 is 5.32 Å². The van der Waals surface area contributed by atoms with Crippen LogP contribution in [0.15, 0.2) is 24.3 Å². The molecular weight excluding hydrogens is 263 g/mol. The number of likely N-dealkylation sites (N-methyl/N-ethyl adjacent to an activating group) is 1. The minimum atomic E-state index is -4.24. The summed E-state index contributed by atoms with van der Waals surface area (Å²) in [7, 11) is 0. The molecule has 1 unspecified atom stereocenters. The molecule has 0 aliphatic heterocycles. The normalized spacial score (nSPS) is 17.2. The van der Waals surface area contributed by atoms with E-state index >= 15 is 0 Å². The maximum absolute atomic E-state index is 12.5. The van der Waals surface area contributed by atoms with Crippen molar-refractivity contribution in [2.75, 3.05) is 6.54 Å². The molecular formula is C16H22F3N. The van der Waals surface area contributed by atoms with Crippen LogP contribution in [0.4, 0.5) is 13.2 Å². The first kappa shape index (κ1) is 15.4. The van der Waals surface area contributed by atoms with Crippen molar-refractivity contribution in [3.63, 3.8) is 0 Å². The molecule has 0 saturated heterocycles. The lowest BCUT2D eigenvalue weighted by Crippen LogP contribution is -2.31. The lowest BCUT2D eigenvalue weighted by atomic mass is 9.99. The molecule has 2 rings (SSSR count). The third-order valence-corrected chi connectivity index (χ3v) is 3.88. The molecule has 0 spiro atoms. The molecule has 1 aromatic rings. The second-order valence-electron chi connectivity index (χ2n) is 5.67. The maximum Gasteiger partial charge on any atom is 0.416 e. The van der Waals surface area contributed by atoms with Gasteiger partial charge in [0.25, 0.3) is 0 Å². The van der Waals surface area contributed by atoms with E-state index in [-0.39, 0.29) is 0 Å². The maximum atomic E-state index is 12.5. The molecule has 0 radical (unpaired) electrons. The van der Waals surface area contributed by atoms with E-state index in [1.165, 1.54) is 31.4 Å². The highest BCUT2D eigenvalue weighted by molar-refractivity contribution is 5.25. The van der Waals surface area contributed by atoms with Crippen LogP contribution in [-0.4, -0.2) is 12.6 Å². The fourth-order valence-corrected chi connectivity index (χ4v) is 2.52. The van der Waals surface area contributed by atoms with E-state index in [1.54, 1.807) is 12.1 Å².